The molecule has 134 valence electrons. The molecule has 3 aromatic rings. The Bertz CT molecular complexity index is 899. The standard InChI is InChI=1S/C20H23N5O/c1-3-18-14(2)23-20(24-18)19-11-15(4-5-22-19)16-10-17(13-21-12-16)25-6-8-26-9-7-25/h4-5,10-13H,3,6-9H2,1-2H3,(H,23,24). The minimum absolute atomic E-state index is 0.765. The van der Waals surface area contributed by atoms with Crippen LogP contribution in [0, 0.1) is 6.92 Å². The molecule has 1 fully saturated rings. The molecular formula is C20H23N5O. The highest BCUT2D eigenvalue weighted by Gasteiger charge is 2.13. The van der Waals surface area contributed by atoms with Gasteiger partial charge in [-0.1, -0.05) is 6.92 Å². The van der Waals surface area contributed by atoms with E-state index in [1.807, 2.05) is 24.7 Å². The van der Waals surface area contributed by atoms with Crippen LogP contribution in [0.1, 0.15) is 18.3 Å². The van der Waals surface area contributed by atoms with Gasteiger partial charge < -0.3 is 14.6 Å². The molecule has 4 rings (SSSR count). The van der Waals surface area contributed by atoms with Crippen molar-refractivity contribution in [3.8, 4) is 22.6 Å². The number of aromatic amines is 1. The van der Waals surface area contributed by atoms with Gasteiger partial charge in [0.2, 0.25) is 0 Å². The zero-order valence-electron chi connectivity index (χ0n) is 15.2. The summed E-state index contributed by atoms with van der Waals surface area (Å²) in [4.78, 5) is 19.3. The van der Waals surface area contributed by atoms with Crippen molar-refractivity contribution in [2.75, 3.05) is 31.2 Å². The van der Waals surface area contributed by atoms with Crippen molar-refractivity contribution < 1.29 is 4.74 Å². The van der Waals surface area contributed by atoms with Gasteiger partial charge in [-0.2, -0.15) is 0 Å². The number of H-pyrrole nitrogens is 1. The first-order valence-corrected chi connectivity index (χ1v) is 9.04. The smallest absolute Gasteiger partial charge is 0.156 e. The lowest BCUT2D eigenvalue weighted by Gasteiger charge is -2.28. The molecule has 1 aliphatic heterocycles. The van der Waals surface area contributed by atoms with Gasteiger partial charge in [0.1, 0.15) is 5.69 Å². The average Bonchev–Trinajstić information content (AvgIpc) is 3.10. The molecule has 4 heterocycles. The summed E-state index contributed by atoms with van der Waals surface area (Å²) in [6.45, 7) is 7.49. The van der Waals surface area contributed by atoms with Crippen LogP contribution in [0.25, 0.3) is 22.6 Å². The Kier molecular flexibility index (Phi) is 4.67. The molecule has 1 N–H and O–H groups in total. The summed E-state index contributed by atoms with van der Waals surface area (Å²) < 4.78 is 5.44. The van der Waals surface area contributed by atoms with Crippen molar-refractivity contribution in [3.63, 3.8) is 0 Å². The summed E-state index contributed by atoms with van der Waals surface area (Å²) in [6, 6.07) is 6.26. The fourth-order valence-electron chi connectivity index (χ4n) is 3.28. The van der Waals surface area contributed by atoms with Crippen molar-refractivity contribution in [3.05, 3.63) is 48.2 Å². The van der Waals surface area contributed by atoms with E-state index in [1.165, 1.54) is 0 Å². The van der Waals surface area contributed by atoms with Crippen LogP contribution >= 0.6 is 0 Å². The van der Waals surface area contributed by atoms with Crippen LogP contribution in [0.15, 0.2) is 36.8 Å². The fourth-order valence-corrected chi connectivity index (χ4v) is 3.28. The number of hydrogen-bond donors (Lipinski definition) is 1. The van der Waals surface area contributed by atoms with Crippen LogP contribution in [0.2, 0.25) is 0 Å². The molecule has 0 spiro atoms. The molecule has 0 atom stereocenters. The number of aromatic nitrogens is 4. The van der Waals surface area contributed by atoms with E-state index >= 15 is 0 Å². The first kappa shape index (κ1) is 16.7. The minimum atomic E-state index is 0.765. The molecule has 6 nitrogen and oxygen atoms in total. The van der Waals surface area contributed by atoms with Crippen molar-refractivity contribution in [1.29, 1.82) is 0 Å². The van der Waals surface area contributed by atoms with Gasteiger partial charge in [-0.3, -0.25) is 9.97 Å². The number of aryl methyl sites for hydroxylation is 2. The Hall–Kier alpha value is -2.73. The number of rotatable bonds is 4. The Morgan fingerprint density at radius 2 is 2.00 bits per heavy atom. The number of pyridine rings is 2. The van der Waals surface area contributed by atoms with E-state index in [0.717, 1.165) is 72.4 Å². The predicted octanol–water partition coefficient (Wildman–Crippen LogP) is 3.24. The first-order valence-electron chi connectivity index (χ1n) is 9.04. The van der Waals surface area contributed by atoms with E-state index in [4.69, 9.17) is 4.74 Å². The zero-order chi connectivity index (χ0) is 17.9. The molecule has 0 aromatic carbocycles. The quantitative estimate of drug-likeness (QED) is 0.783. The topological polar surface area (TPSA) is 66.9 Å². The molecule has 0 amide bonds. The number of imidazole rings is 1. The highest BCUT2D eigenvalue weighted by Crippen LogP contribution is 2.26. The van der Waals surface area contributed by atoms with Gasteiger partial charge in [0.15, 0.2) is 5.82 Å². The number of hydrogen-bond acceptors (Lipinski definition) is 5. The third-order valence-corrected chi connectivity index (χ3v) is 4.76. The van der Waals surface area contributed by atoms with Crippen LogP contribution in [0.3, 0.4) is 0 Å². The second-order valence-corrected chi connectivity index (χ2v) is 6.47. The lowest BCUT2D eigenvalue weighted by molar-refractivity contribution is 0.122. The molecule has 26 heavy (non-hydrogen) atoms. The minimum Gasteiger partial charge on any atom is -0.378 e. The first-order chi connectivity index (χ1) is 12.7. The monoisotopic (exact) mass is 349 g/mol. The molecule has 0 saturated carbocycles. The van der Waals surface area contributed by atoms with E-state index < -0.39 is 0 Å². The van der Waals surface area contributed by atoms with E-state index in [-0.39, 0.29) is 0 Å². The largest absolute Gasteiger partial charge is 0.378 e. The van der Waals surface area contributed by atoms with Crippen LogP contribution in [-0.4, -0.2) is 46.2 Å². The highest BCUT2D eigenvalue weighted by atomic mass is 16.5. The maximum atomic E-state index is 5.44. The van der Waals surface area contributed by atoms with Gasteiger partial charge in [0.25, 0.3) is 0 Å². The van der Waals surface area contributed by atoms with Gasteiger partial charge in [0.05, 0.1) is 30.8 Å². The second-order valence-electron chi connectivity index (χ2n) is 6.47. The molecule has 0 unspecified atom stereocenters. The second kappa shape index (κ2) is 7.25. The molecule has 6 heteroatoms. The number of nitrogens with one attached hydrogen (secondary N) is 1. The van der Waals surface area contributed by atoms with Gasteiger partial charge in [-0.25, -0.2) is 4.98 Å². The molecule has 3 aromatic heterocycles. The van der Waals surface area contributed by atoms with E-state index in [9.17, 15) is 0 Å². The van der Waals surface area contributed by atoms with Crippen LogP contribution in [0.5, 0.6) is 0 Å². The molecule has 1 aliphatic rings. The number of nitrogens with zero attached hydrogens (tertiary/aromatic N) is 4. The number of ether oxygens (including phenoxy) is 1. The van der Waals surface area contributed by atoms with Gasteiger partial charge >= 0.3 is 0 Å². The summed E-state index contributed by atoms with van der Waals surface area (Å²) in [6.07, 6.45) is 6.55. The van der Waals surface area contributed by atoms with Crippen molar-refractivity contribution in [2.45, 2.75) is 20.3 Å². The van der Waals surface area contributed by atoms with Crippen LogP contribution < -0.4 is 4.90 Å². The van der Waals surface area contributed by atoms with Gasteiger partial charge in [-0.05, 0) is 37.1 Å². The van der Waals surface area contributed by atoms with Crippen molar-refractivity contribution in [1.82, 2.24) is 19.9 Å². The summed E-state index contributed by atoms with van der Waals surface area (Å²) in [5.41, 5.74) is 6.34. The highest BCUT2D eigenvalue weighted by molar-refractivity contribution is 5.70. The van der Waals surface area contributed by atoms with E-state index in [0.29, 0.717) is 0 Å². The summed E-state index contributed by atoms with van der Waals surface area (Å²) in [5.74, 6) is 0.818. The van der Waals surface area contributed by atoms with E-state index in [2.05, 4.69) is 50.8 Å². The van der Waals surface area contributed by atoms with Crippen molar-refractivity contribution in [2.24, 2.45) is 0 Å². The fraction of sp³-hybridized carbons (Fsp3) is 0.350. The summed E-state index contributed by atoms with van der Waals surface area (Å²) in [5, 5.41) is 0. The average molecular weight is 349 g/mol. The van der Waals surface area contributed by atoms with E-state index in [1.54, 1.807) is 0 Å². The molecule has 0 aliphatic carbocycles. The normalized spacial score (nSPS) is 14.6. The van der Waals surface area contributed by atoms with Crippen LogP contribution in [0.4, 0.5) is 5.69 Å². The zero-order valence-corrected chi connectivity index (χ0v) is 15.2. The number of anilines is 1. The van der Waals surface area contributed by atoms with Gasteiger partial charge in [-0.15, -0.1) is 0 Å². The van der Waals surface area contributed by atoms with Gasteiger partial charge in [0, 0.05) is 36.7 Å². The molecule has 0 bridgehead atoms. The third-order valence-electron chi connectivity index (χ3n) is 4.76. The lowest BCUT2D eigenvalue weighted by Crippen LogP contribution is -2.36. The Balaban J connectivity index is 1.66. The Morgan fingerprint density at radius 3 is 2.77 bits per heavy atom. The lowest BCUT2D eigenvalue weighted by atomic mass is 10.1. The molecule has 1 saturated heterocycles. The molecule has 0 radical (unpaired) electrons. The van der Waals surface area contributed by atoms with Crippen molar-refractivity contribution >= 4 is 5.69 Å². The maximum absolute atomic E-state index is 5.44. The maximum Gasteiger partial charge on any atom is 0.156 e. The Labute approximate surface area is 153 Å². The predicted molar refractivity (Wildman–Crippen MR) is 102 cm³/mol. The Morgan fingerprint density at radius 1 is 1.15 bits per heavy atom. The third kappa shape index (κ3) is 3.32. The number of morpholine rings is 1. The summed E-state index contributed by atoms with van der Waals surface area (Å²) >= 11 is 0. The summed E-state index contributed by atoms with van der Waals surface area (Å²) in [7, 11) is 0. The molecular weight excluding hydrogens is 326 g/mol. The van der Waals surface area contributed by atoms with Crippen LogP contribution in [-0.2, 0) is 11.2 Å². The SMILES string of the molecule is CCc1nc(-c2cc(-c3cncc(N4CCOCC4)c3)ccn2)[nH]c1C.